The zero-order chi connectivity index (χ0) is 30.7. The Hall–Kier alpha value is -3.51. The molecule has 12 heteroatoms. The van der Waals surface area contributed by atoms with Gasteiger partial charge in [-0.15, -0.1) is 11.6 Å². The van der Waals surface area contributed by atoms with Crippen molar-refractivity contribution < 1.29 is 28.2 Å². The topological polar surface area (TPSA) is 126 Å². The summed E-state index contributed by atoms with van der Waals surface area (Å²) in [4.78, 5) is 52.9. The van der Waals surface area contributed by atoms with Crippen molar-refractivity contribution in [2.24, 2.45) is 0 Å². The molecule has 0 aliphatic carbocycles. The summed E-state index contributed by atoms with van der Waals surface area (Å²) in [7, 11) is -2.58. The fourth-order valence-corrected chi connectivity index (χ4v) is 6.17. The SMILES string of the molecule is CC(C)(C)[Si](C)(C)O[C@H]1[C@@H](Cl)[C@H](n2ccc(=O)[nH]c2=O)OC1(COC(=O)c1ccccc1)COC(=O)c1ccccc1. The van der Waals surface area contributed by atoms with Crippen molar-refractivity contribution in [3.63, 3.8) is 0 Å². The first-order chi connectivity index (χ1) is 19.7. The summed E-state index contributed by atoms with van der Waals surface area (Å²) >= 11 is 7.04. The number of carbonyl (C=O) groups is 2. The predicted molar refractivity (Wildman–Crippen MR) is 159 cm³/mol. The van der Waals surface area contributed by atoms with Crippen LogP contribution in [-0.2, 0) is 18.6 Å². The van der Waals surface area contributed by atoms with Crippen LogP contribution < -0.4 is 11.2 Å². The standard InChI is InChI=1S/C30H35ClN2O8Si/c1-29(2,3)42(4,5)41-24-23(31)25(33-17-16-22(34)32-28(33)37)40-30(24,18-38-26(35)20-12-8-6-9-13-20)19-39-27(36)21-14-10-7-11-15-21/h6-17,23-25H,18-19H2,1-5H3,(H,32,34,37)/t23-,24+,25-/m1/s1. The quantitative estimate of drug-likeness (QED) is 0.212. The molecule has 0 bridgehead atoms. The first-order valence-corrected chi connectivity index (χ1v) is 16.8. The lowest BCUT2D eigenvalue weighted by Crippen LogP contribution is -2.57. The first-order valence-electron chi connectivity index (χ1n) is 13.5. The number of rotatable bonds is 9. The molecule has 1 fully saturated rings. The minimum absolute atomic E-state index is 0.260. The fraction of sp³-hybridized carbons (Fsp3) is 0.400. The van der Waals surface area contributed by atoms with Crippen LogP contribution in [0.5, 0.6) is 0 Å². The van der Waals surface area contributed by atoms with Gasteiger partial charge in [0.15, 0.2) is 20.1 Å². The number of esters is 2. The number of halogens is 1. The Kier molecular flexibility index (Phi) is 9.26. The van der Waals surface area contributed by atoms with E-state index in [1.54, 1.807) is 60.7 Å². The van der Waals surface area contributed by atoms with Crippen molar-refractivity contribution >= 4 is 31.9 Å². The van der Waals surface area contributed by atoms with Crippen LogP contribution in [0.4, 0.5) is 0 Å². The maximum atomic E-state index is 13.0. The second-order valence-corrected chi connectivity index (χ2v) is 17.0. The summed E-state index contributed by atoms with van der Waals surface area (Å²) in [5.74, 6) is -1.26. The third-order valence-electron chi connectivity index (χ3n) is 7.70. The second-order valence-electron chi connectivity index (χ2n) is 11.7. The lowest BCUT2D eigenvalue weighted by Gasteiger charge is -2.43. The number of benzene rings is 2. The Balaban J connectivity index is 1.77. The number of aromatic nitrogens is 2. The Bertz CT molecular complexity index is 1460. The van der Waals surface area contributed by atoms with E-state index in [4.69, 9.17) is 30.2 Å². The van der Waals surface area contributed by atoms with Crippen LogP contribution in [0.15, 0.2) is 82.5 Å². The van der Waals surface area contributed by atoms with E-state index in [1.807, 2.05) is 13.1 Å². The molecule has 4 rings (SSSR count). The molecule has 1 aromatic heterocycles. The van der Waals surface area contributed by atoms with Gasteiger partial charge >= 0.3 is 17.6 Å². The highest BCUT2D eigenvalue weighted by atomic mass is 35.5. The van der Waals surface area contributed by atoms with Gasteiger partial charge in [-0.05, 0) is 42.4 Å². The predicted octanol–water partition coefficient (Wildman–Crippen LogP) is 4.52. The van der Waals surface area contributed by atoms with E-state index in [-0.39, 0.29) is 5.04 Å². The maximum Gasteiger partial charge on any atom is 0.338 e. The Labute approximate surface area is 249 Å². The molecular formula is C30H35ClN2O8Si. The van der Waals surface area contributed by atoms with Gasteiger partial charge in [0.2, 0.25) is 0 Å². The molecule has 3 atom stereocenters. The number of nitrogens with zero attached hydrogens (tertiary/aromatic N) is 1. The van der Waals surface area contributed by atoms with E-state index < -0.39 is 68.0 Å². The van der Waals surface area contributed by atoms with Crippen LogP contribution in [-0.4, -0.2) is 60.1 Å². The molecule has 2 aromatic carbocycles. The van der Waals surface area contributed by atoms with Gasteiger partial charge in [0.1, 0.15) is 24.7 Å². The second kappa shape index (κ2) is 12.4. The molecule has 0 amide bonds. The highest BCUT2D eigenvalue weighted by Gasteiger charge is 2.60. The molecule has 3 aromatic rings. The van der Waals surface area contributed by atoms with Crippen LogP contribution in [0.25, 0.3) is 0 Å². The number of alkyl halides is 1. The maximum absolute atomic E-state index is 13.0. The van der Waals surface area contributed by atoms with Crippen molar-refractivity contribution in [1.82, 2.24) is 9.55 Å². The molecule has 1 aliphatic heterocycles. The van der Waals surface area contributed by atoms with Crippen LogP contribution in [0.3, 0.4) is 0 Å². The summed E-state index contributed by atoms with van der Waals surface area (Å²) in [5, 5.41) is -1.27. The fourth-order valence-electron chi connectivity index (χ4n) is 4.28. The molecule has 42 heavy (non-hydrogen) atoms. The van der Waals surface area contributed by atoms with Gasteiger partial charge in [-0.1, -0.05) is 57.2 Å². The highest BCUT2D eigenvalue weighted by Crippen LogP contribution is 2.47. The lowest BCUT2D eigenvalue weighted by atomic mass is 9.98. The minimum atomic E-state index is -2.58. The van der Waals surface area contributed by atoms with Crippen molar-refractivity contribution in [2.45, 2.75) is 62.2 Å². The van der Waals surface area contributed by atoms with E-state index in [2.05, 4.69) is 25.8 Å². The van der Waals surface area contributed by atoms with E-state index in [9.17, 15) is 19.2 Å². The molecule has 0 spiro atoms. The van der Waals surface area contributed by atoms with Crippen LogP contribution in [0, 0.1) is 0 Å². The summed E-state index contributed by atoms with van der Waals surface area (Å²) in [6, 6.07) is 18.0. The molecule has 224 valence electrons. The van der Waals surface area contributed by atoms with Crippen LogP contribution in [0.1, 0.15) is 47.7 Å². The third kappa shape index (κ3) is 6.75. The van der Waals surface area contributed by atoms with E-state index in [0.717, 1.165) is 4.57 Å². The van der Waals surface area contributed by atoms with Gasteiger partial charge in [-0.25, -0.2) is 14.4 Å². The number of hydrogen-bond acceptors (Lipinski definition) is 8. The Morgan fingerprint density at radius 1 is 0.929 bits per heavy atom. The molecule has 1 N–H and O–H groups in total. The van der Waals surface area contributed by atoms with Crippen molar-refractivity contribution in [3.8, 4) is 0 Å². The van der Waals surface area contributed by atoms with E-state index >= 15 is 0 Å². The Morgan fingerprint density at radius 3 is 1.88 bits per heavy atom. The highest BCUT2D eigenvalue weighted by molar-refractivity contribution is 6.74. The van der Waals surface area contributed by atoms with Gasteiger partial charge in [0.05, 0.1) is 11.1 Å². The van der Waals surface area contributed by atoms with Crippen LogP contribution >= 0.6 is 11.6 Å². The lowest BCUT2D eigenvalue weighted by molar-refractivity contribution is -0.150. The number of carbonyl (C=O) groups excluding carboxylic acids is 2. The largest absolute Gasteiger partial charge is 0.459 e. The van der Waals surface area contributed by atoms with Gasteiger partial charge in [0, 0.05) is 12.3 Å². The summed E-state index contributed by atoms with van der Waals surface area (Å²) in [6.45, 7) is 9.39. The normalized spacial score (nSPS) is 20.2. The number of aromatic amines is 1. The van der Waals surface area contributed by atoms with Gasteiger partial charge in [0.25, 0.3) is 5.56 Å². The summed E-state index contributed by atoms with van der Waals surface area (Å²) in [5.41, 5.74) is -2.33. The average molecular weight is 615 g/mol. The minimum Gasteiger partial charge on any atom is -0.459 e. The number of ether oxygens (including phenoxy) is 3. The zero-order valence-electron chi connectivity index (χ0n) is 24.2. The smallest absolute Gasteiger partial charge is 0.338 e. The molecule has 10 nitrogen and oxygen atoms in total. The van der Waals surface area contributed by atoms with Gasteiger partial charge in [-0.3, -0.25) is 14.3 Å². The molecular weight excluding hydrogens is 580 g/mol. The molecule has 1 aliphatic rings. The molecule has 1 saturated heterocycles. The average Bonchev–Trinajstić information content (AvgIpc) is 3.21. The third-order valence-corrected chi connectivity index (χ3v) is 12.6. The molecule has 0 radical (unpaired) electrons. The number of nitrogens with one attached hydrogen (secondary N) is 1. The van der Waals surface area contributed by atoms with Crippen molar-refractivity contribution in [3.05, 3.63) is 105 Å². The monoisotopic (exact) mass is 614 g/mol. The van der Waals surface area contributed by atoms with Crippen LogP contribution in [0.2, 0.25) is 18.1 Å². The molecule has 2 heterocycles. The van der Waals surface area contributed by atoms with Crippen molar-refractivity contribution in [2.75, 3.05) is 13.2 Å². The van der Waals surface area contributed by atoms with Gasteiger partial charge < -0.3 is 18.6 Å². The van der Waals surface area contributed by atoms with E-state index in [1.165, 1.54) is 12.3 Å². The number of hydrogen-bond donors (Lipinski definition) is 1. The molecule has 0 saturated carbocycles. The molecule has 0 unspecified atom stereocenters. The first kappa shape index (κ1) is 31.4. The number of H-pyrrole nitrogens is 1. The zero-order valence-corrected chi connectivity index (χ0v) is 25.9. The van der Waals surface area contributed by atoms with Crippen molar-refractivity contribution in [1.29, 1.82) is 0 Å². The Morgan fingerprint density at radius 2 is 1.43 bits per heavy atom. The van der Waals surface area contributed by atoms with Gasteiger partial charge in [-0.2, -0.15) is 0 Å². The van der Waals surface area contributed by atoms with E-state index in [0.29, 0.717) is 11.1 Å². The summed E-state index contributed by atoms with van der Waals surface area (Å²) < 4.78 is 25.9. The summed E-state index contributed by atoms with van der Waals surface area (Å²) in [6.07, 6.45) is -0.875.